The highest BCUT2D eigenvalue weighted by atomic mass is 32.2. The maximum atomic E-state index is 12.8. The normalized spacial score (nSPS) is 21.1. The fourth-order valence-corrected chi connectivity index (χ4v) is 4.12. The monoisotopic (exact) mass is 336 g/mol. The molecule has 1 atom stereocenters. The number of carbonyl (C=O) groups is 1. The van der Waals surface area contributed by atoms with E-state index in [0.29, 0.717) is 18.5 Å². The summed E-state index contributed by atoms with van der Waals surface area (Å²) in [4.78, 5) is 17.4. The molecule has 1 aliphatic heterocycles. The number of rotatable bonds is 2. The van der Waals surface area contributed by atoms with Gasteiger partial charge in [-0.25, -0.2) is 8.42 Å². The van der Waals surface area contributed by atoms with Crippen molar-refractivity contribution in [2.45, 2.75) is 18.6 Å². The molecule has 0 aromatic carbocycles. The van der Waals surface area contributed by atoms with Gasteiger partial charge < -0.3 is 9.88 Å². The molecule has 2 aromatic rings. The molecule has 1 saturated heterocycles. The molecule has 0 saturated carbocycles. The van der Waals surface area contributed by atoms with E-state index >= 15 is 0 Å². The number of aryl methyl sites for hydroxylation is 1. The van der Waals surface area contributed by atoms with Crippen LogP contribution >= 0.6 is 0 Å². The molecule has 0 radical (unpaired) electrons. The molecule has 1 amide bonds. The van der Waals surface area contributed by atoms with E-state index in [1.54, 1.807) is 35.1 Å². The van der Waals surface area contributed by atoms with Gasteiger partial charge in [-0.2, -0.15) is 5.10 Å². The summed E-state index contributed by atoms with van der Waals surface area (Å²) in [7, 11) is -1.29. The Morgan fingerprint density at radius 3 is 2.83 bits per heavy atom. The van der Waals surface area contributed by atoms with E-state index in [0.717, 1.165) is 11.1 Å². The highest BCUT2D eigenvalue weighted by molar-refractivity contribution is 7.92. The molecule has 0 spiro atoms. The van der Waals surface area contributed by atoms with Crippen LogP contribution in [0.4, 0.5) is 0 Å². The van der Waals surface area contributed by atoms with Gasteiger partial charge in [-0.3, -0.25) is 9.48 Å². The summed E-state index contributed by atoms with van der Waals surface area (Å²) in [5.74, 6) is -0.124. The topological polar surface area (TPSA) is 88.1 Å². The number of hydrogen-bond acceptors (Lipinski definition) is 4. The lowest BCUT2D eigenvalue weighted by atomic mass is 10.1. The van der Waals surface area contributed by atoms with Crippen LogP contribution in [0.15, 0.2) is 24.8 Å². The minimum absolute atomic E-state index is 0.0204. The summed E-state index contributed by atoms with van der Waals surface area (Å²) in [6.45, 7) is 2.40. The highest BCUT2D eigenvalue weighted by Gasteiger charge is 2.29. The van der Waals surface area contributed by atoms with E-state index in [2.05, 4.69) is 10.1 Å². The SMILES string of the molecule is CC1CCN(C(=O)c2c[nH]cc2-c2cnn(C)c2)CCS1(=O)=O. The Morgan fingerprint density at radius 2 is 2.13 bits per heavy atom. The number of carbonyl (C=O) groups excluding carboxylic acids is 1. The van der Waals surface area contributed by atoms with Gasteiger partial charge >= 0.3 is 0 Å². The molecule has 23 heavy (non-hydrogen) atoms. The molecule has 7 nitrogen and oxygen atoms in total. The smallest absolute Gasteiger partial charge is 0.256 e. The summed E-state index contributed by atoms with van der Waals surface area (Å²) in [6, 6.07) is 0. The van der Waals surface area contributed by atoms with Crippen molar-refractivity contribution >= 4 is 15.7 Å². The zero-order valence-corrected chi connectivity index (χ0v) is 14.0. The molecule has 1 aliphatic rings. The predicted octanol–water partition coefficient (Wildman–Crippen LogP) is 1.06. The third-order valence-electron chi connectivity index (χ3n) is 4.34. The van der Waals surface area contributed by atoms with Crippen molar-refractivity contribution < 1.29 is 13.2 Å². The van der Waals surface area contributed by atoms with Crippen molar-refractivity contribution in [2.75, 3.05) is 18.8 Å². The van der Waals surface area contributed by atoms with E-state index in [4.69, 9.17) is 0 Å². The van der Waals surface area contributed by atoms with Crippen LogP contribution in [0.25, 0.3) is 11.1 Å². The zero-order valence-electron chi connectivity index (χ0n) is 13.2. The van der Waals surface area contributed by atoms with Crippen LogP contribution in [0.3, 0.4) is 0 Å². The quantitative estimate of drug-likeness (QED) is 0.888. The minimum Gasteiger partial charge on any atom is -0.366 e. The summed E-state index contributed by atoms with van der Waals surface area (Å²) in [5, 5.41) is 3.73. The van der Waals surface area contributed by atoms with E-state index in [9.17, 15) is 13.2 Å². The second-order valence-electron chi connectivity index (χ2n) is 5.94. The van der Waals surface area contributed by atoms with Gasteiger partial charge in [0.05, 0.1) is 22.8 Å². The first-order chi connectivity index (χ1) is 10.9. The summed E-state index contributed by atoms with van der Waals surface area (Å²) in [5.41, 5.74) is 2.18. The van der Waals surface area contributed by atoms with Gasteiger partial charge in [0.25, 0.3) is 5.91 Å². The van der Waals surface area contributed by atoms with Crippen LogP contribution in [0.5, 0.6) is 0 Å². The molecule has 8 heteroatoms. The Morgan fingerprint density at radius 1 is 1.35 bits per heavy atom. The van der Waals surface area contributed by atoms with Crippen LogP contribution in [0.2, 0.25) is 0 Å². The first-order valence-electron chi connectivity index (χ1n) is 7.55. The van der Waals surface area contributed by atoms with Crippen LogP contribution in [-0.2, 0) is 16.9 Å². The fraction of sp³-hybridized carbons (Fsp3) is 0.467. The lowest BCUT2D eigenvalue weighted by molar-refractivity contribution is 0.0768. The van der Waals surface area contributed by atoms with Gasteiger partial charge in [-0.15, -0.1) is 0 Å². The number of nitrogens with one attached hydrogen (secondary N) is 1. The molecule has 3 heterocycles. The van der Waals surface area contributed by atoms with Crippen LogP contribution in [0.1, 0.15) is 23.7 Å². The predicted molar refractivity (Wildman–Crippen MR) is 86.8 cm³/mol. The second kappa shape index (κ2) is 5.84. The summed E-state index contributed by atoms with van der Waals surface area (Å²) < 4.78 is 25.7. The number of amides is 1. The van der Waals surface area contributed by atoms with Crippen molar-refractivity contribution in [1.82, 2.24) is 19.7 Å². The molecule has 0 bridgehead atoms. The summed E-state index contributed by atoms with van der Waals surface area (Å²) in [6.07, 6.45) is 7.44. The number of aromatic nitrogens is 3. The third kappa shape index (κ3) is 3.03. The maximum Gasteiger partial charge on any atom is 0.256 e. The first-order valence-corrected chi connectivity index (χ1v) is 9.26. The lowest BCUT2D eigenvalue weighted by Crippen LogP contribution is -2.33. The molecule has 1 fully saturated rings. The maximum absolute atomic E-state index is 12.8. The van der Waals surface area contributed by atoms with Gasteiger partial charge in [0.15, 0.2) is 9.84 Å². The van der Waals surface area contributed by atoms with Crippen molar-refractivity contribution in [1.29, 1.82) is 0 Å². The van der Waals surface area contributed by atoms with Crippen LogP contribution in [-0.4, -0.2) is 58.1 Å². The Labute approximate surface area is 135 Å². The van der Waals surface area contributed by atoms with Crippen molar-refractivity contribution in [3.05, 3.63) is 30.4 Å². The van der Waals surface area contributed by atoms with E-state index in [-0.39, 0.29) is 18.2 Å². The Bertz CT molecular complexity index is 821. The average molecular weight is 336 g/mol. The molecular weight excluding hydrogens is 316 g/mol. The fourth-order valence-electron chi connectivity index (χ4n) is 2.78. The standard InChI is InChI=1S/C15H20N4O3S/c1-11-3-4-19(5-6-23(11,21)22)15(20)14-9-16-8-13(14)12-7-17-18(2)10-12/h7-11,16H,3-6H2,1-2H3. The van der Waals surface area contributed by atoms with Crippen molar-refractivity contribution in [2.24, 2.45) is 7.05 Å². The Hall–Kier alpha value is -2.09. The van der Waals surface area contributed by atoms with Gasteiger partial charge in [0.2, 0.25) is 0 Å². The first kappa shape index (κ1) is 15.8. The van der Waals surface area contributed by atoms with E-state index in [1.807, 2.05) is 13.2 Å². The molecular formula is C15H20N4O3S. The highest BCUT2D eigenvalue weighted by Crippen LogP contribution is 2.25. The number of nitrogens with zero attached hydrogens (tertiary/aromatic N) is 3. The molecule has 3 rings (SSSR count). The van der Waals surface area contributed by atoms with Gasteiger partial charge in [-0.1, -0.05) is 0 Å². The van der Waals surface area contributed by atoms with Gasteiger partial charge in [-0.05, 0) is 13.3 Å². The molecule has 1 N–H and O–H groups in total. The van der Waals surface area contributed by atoms with Crippen molar-refractivity contribution in [3.8, 4) is 11.1 Å². The Kier molecular flexibility index (Phi) is 4.01. The molecule has 2 aromatic heterocycles. The number of hydrogen-bond donors (Lipinski definition) is 1. The minimum atomic E-state index is -3.11. The molecule has 0 aliphatic carbocycles. The average Bonchev–Trinajstić information content (AvgIpc) is 3.11. The largest absolute Gasteiger partial charge is 0.366 e. The van der Waals surface area contributed by atoms with Crippen molar-refractivity contribution in [3.63, 3.8) is 0 Å². The number of H-pyrrole nitrogens is 1. The van der Waals surface area contributed by atoms with E-state index in [1.165, 1.54) is 0 Å². The zero-order chi connectivity index (χ0) is 16.6. The molecule has 124 valence electrons. The number of aromatic amines is 1. The van der Waals surface area contributed by atoms with Gasteiger partial charge in [0, 0.05) is 49.9 Å². The lowest BCUT2D eigenvalue weighted by Gasteiger charge is -2.19. The Balaban J connectivity index is 1.86. The third-order valence-corrected chi connectivity index (χ3v) is 6.56. The molecule has 1 unspecified atom stereocenters. The summed E-state index contributed by atoms with van der Waals surface area (Å²) >= 11 is 0. The number of sulfone groups is 1. The van der Waals surface area contributed by atoms with Crippen LogP contribution in [0, 0.1) is 0 Å². The van der Waals surface area contributed by atoms with E-state index < -0.39 is 15.1 Å². The van der Waals surface area contributed by atoms with Crippen LogP contribution < -0.4 is 0 Å². The van der Waals surface area contributed by atoms with Gasteiger partial charge in [0.1, 0.15) is 0 Å². The second-order valence-corrected chi connectivity index (χ2v) is 8.48.